The molecule has 156 valence electrons. The lowest BCUT2D eigenvalue weighted by atomic mass is 10.2. The molecule has 1 aliphatic heterocycles. The van der Waals surface area contributed by atoms with Crippen LogP contribution in [0.1, 0.15) is 16.3 Å². The lowest BCUT2D eigenvalue weighted by Gasteiger charge is -2.29. The van der Waals surface area contributed by atoms with Crippen LogP contribution in [0.5, 0.6) is 5.75 Å². The molecule has 3 aromatic rings. The first kappa shape index (κ1) is 20.3. The first-order valence-electron chi connectivity index (χ1n) is 9.88. The highest BCUT2D eigenvalue weighted by atomic mass is 32.1. The first-order chi connectivity index (χ1) is 14.7. The standard InChI is InChI=1S/C22H24N4O3S/c1-16-4-6-18(7-5-16)29-14-21-24-17(15-30-21)13-20(27)25-19-3-2-8-23-22(19)26-9-11-28-12-10-26/h2-8,15H,9-14H2,1H3,(H,25,27). The minimum Gasteiger partial charge on any atom is -0.486 e. The summed E-state index contributed by atoms with van der Waals surface area (Å²) in [5.74, 6) is 1.47. The summed E-state index contributed by atoms with van der Waals surface area (Å²) < 4.78 is 11.2. The summed E-state index contributed by atoms with van der Waals surface area (Å²) >= 11 is 1.50. The lowest BCUT2D eigenvalue weighted by molar-refractivity contribution is -0.115. The molecular formula is C22H24N4O3S. The van der Waals surface area contributed by atoms with Gasteiger partial charge in [0.05, 0.1) is 31.0 Å². The van der Waals surface area contributed by atoms with Gasteiger partial charge in [0.25, 0.3) is 0 Å². The van der Waals surface area contributed by atoms with Crippen LogP contribution in [0.4, 0.5) is 11.5 Å². The second-order valence-electron chi connectivity index (χ2n) is 7.03. The number of carbonyl (C=O) groups excluding carboxylic acids is 1. The number of benzene rings is 1. The molecule has 0 atom stereocenters. The zero-order chi connectivity index (χ0) is 20.8. The zero-order valence-corrected chi connectivity index (χ0v) is 17.7. The maximum absolute atomic E-state index is 12.6. The molecule has 2 aromatic heterocycles. The van der Waals surface area contributed by atoms with Crippen molar-refractivity contribution >= 4 is 28.7 Å². The van der Waals surface area contributed by atoms with E-state index < -0.39 is 0 Å². The molecule has 8 heteroatoms. The van der Waals surface area contributed by atoms with E-state index in [1.807, 2.05) is 48.7 Å². The van der Waals surface area contributed by atoms with Crippen LogP contribution in [0.25, 0.3) is 0 Å². The third-order valence-electron chi connectivity index (χ3n) is 4.70. The number of ether oxygens (including phenoxy) is 2. The quantitative estimate of drug-likeness (QED) is 0.626. The molecule has 1 fully saturated rings. The molecule has 1 aromatic carbocycles. The average molecular weight is 425 g/mol. The van der Waals surface area contributed by atoms with E-state index in [1.165, 1.54) is 16.9 Å². The van der Waals surface area contributed by atoms with Crippen molar-refractivity contribution in [3.8, 4) is 5.75 Å². The van der Waals surface area contributed by atoms with Crippen molar-refractivity contribution in [1.29, 1.82) is 0 Å². The smallest absolute Gasteiger partial charge is 0.230 e. The highest BCUT2D eigenvalue weighted by Crippen LogP contribution is 2.24. The Balaban J connectivity index is 1.33. The van der Waals surface area contributed by atoms with E-state index in [-0.39, 0.29) is 12.3 Å². The minimum atomic E-state index is -0.117. The fourth-order valence-corrected chi connectivity index (χ4v) is 3.86. The number of hydrogen-bond donors (Lipinski definition) is 1. The van der Waals surface area contributed by atoms with Crippen molar-refractivity contribution in [3.05, 3.63) is 64.2 Å². The molecule has 4 rings (SSSR count). The highest BCUT2D eigenvalue weighted by molar-refractivity contribution is 7.09. The summed E-state index contributed by atoms with van der Waals surface area (Å²) in [6.45, 7) is 5.27. The van der Waals surface area contributed by atoms with Crippen molar-refractivity contribution in [2.75, 3.05) is 36.5 Å². The van der Waals surface area contributed by atoms with Crippen molar-refractivity contribution in [2.24, 2.45) is 0 Å². The molecule has 1 saturated heterocycles. The van der Waals surface area contributed by atoms with Gasteiger partial charge in [-0.15, -0.1) is 11.3 Å². The summed E-state index contributed by atoms with van der Waals surface area (Å²) in [6.07, 6.45) is 1.94. The number of nitrogens with zero attached hydrogens (tertiary/aromatic N) is 3. The summed E-state index contributed by atoms with van der Waals surface area (Å²) in [6, 6.07) is 11.6. The van der Waals surface area contributed by atoms with Gasteiger partial charge >= 0.3 is 0 Å². The van der Waals surface area contributed by atoms with E-state index >= 15 is 0 Å². The largest absolute Gasteiger partial charge is 0.486 e. The molecular weight excluding hydrogens is 400 g/mol. The topological polar surface area (TPSA) is 76.6 Å². The van der Waals surface area contributed by atoms with E-state index in [0.717, 1.165) is 35.4 Å². The van der Waals surface area contributed by atoms with Crippen LogP contribution in [0.2, 0.25) is 0 Å². The Morgan fingerprint density at radius 1 is 1.23 bits per heavy atom. The number of anilines is 2. The predicted molar refractivity (Wildman–Crippen MR) is 117 cm³/mol. The van der Waals surface area contributed by atoms with Crippen molar-refractivity contribution in [3.63, 3.8) is 0 Å². The number of aromatic nitrogens is 2. The Labute approximate surface area is 179 Å². The molecule has 0 spiro atoms. The average Bonchev–Trinajstić information content (AvgIpc) is 3.21. The van der Waals surface area contributed by atoms with Crippen molar-refractivity contribution in [2.45, 2.75) is 20.0 Å². The van der Waals surface area contributed by atoms with Gasteiger partial charge in [-0.1, -0.05) is 17.7 Å². The van der Waals surface area contributed by atoms with Gasteiger partial charge in [0.1, 0.15) is 17.4 Å². The van der Waals surface area contributed by atoms with Crippen LogP contribution < -0.4 is 15.0 Å². The highest BCUT2D eigenvalue weighted by Gasteiger charge is 2.17. The van der Waals surface area contributed by atoms with E-state index in [4.69, 9.17) is 9.47 Å². The molecule has 1 N–H and O–H groups in total. The lowest BCUT2D eigenvalue weighted by Crippen LogP contribution is -2.37. The molecule has 1 amide bonds. The van der Waals surface area contributed by atoms with Crippen LogP contribution in [0, 0.1) is 6.92 Å². The van der Waals surface area contributed by atoms with Gasteiger partial charge in [-0.3, -0.25) is 4.79 Å². The SMILES string of the molecule is Cc1ccc(OCc2nc(CC(=O)Nc3cccnc3N3CCOCC3)cs2)cc1. The molecule has 7 nitrogen and oxygen atoms in total. The summed E-state index contributed by atoms with van der Waals surface area (Å²) in [5, 5.41) is 5.72. The minimum absolute atomic E-state index is 0.117. The van der Waals surface area contributed by atoms with Gasteiger partial charge in [-0.05, 0) is 31.2 Å². The van der Waals surface area contributed by atoms with Gasteiger partial charge in [0, 0.05) is 24.7 Å². The summed E-state index contributed by atoms with van der Waals surface area (Å²) in [4.78, 5) is 23.7. The summed E-state index contributed by atoms with van der Waals surface area (Å²) in [7, 11) is 0. The molecule has 0 bridgehead atoms. The number of amides is 1. The Kier molecular flexibility index (Phi) is 6.56. The summed E-state index contributed by atoms with van der Waals surface area (Å²) in [5.41, 5.74) is 2.63. The van der Waals surface area contributed by atoms with Gasteiger partial charge in [-0.25, -0.2) is 9.97 Å². The molecule has 0 radical (unpaired) electrons. The van der Waals surface area contributed by atoms with Crippen LogP contribution >= 0.6 is 11.3 Å². The molecule has 0 saturated carbocycles. The van der Waals surface area contributed by atoms with Crippen molar-refractivity contribution < 1.29 is 14.3 Å². The molecule has 3 heterocycles. The maximum atomic E-state index is 12.6. The second-order valence-corrected chi connectivity index (χ2v) is 7.98. The van der Waals surface area contributed by atoms with E-state index in [2.05, 4.69) is 20.2 Å². The fourth-order valence-electron chi connectivity index (χ4n) is 3.16. The number of nitrogens with one attached hydrogen (secondary N) is 1. The van der Waals surface area contributed by atoms with E-state index in [9.17, 15) is 4.79 Å². The van der Waals surface area contributed by atoms with Gasteiger partial charge < -0.3 is 19.7 Å². The number of thiazole rings is 1. The third kappa shape index (κ3) is 5.34. The van der Waals surface area contributed by atoms with Crippen LogP contribution in [0.3, 0.4) is 0 Å². The van der Waals surface area contributed by atoms with E-state index in [0.29, 0.717) is 25.5 Å². The number of aryl methyl sites for hydroxylation is 1. The Morgan fingerprint density at radius 3 is 2.83 bits per heavy atom. The molecule has 30 heavy (non-hydrogen) atoms. The number of pyridine rings is 1. The number of carbonyl (C=O) groups is 1. The molecule has 0 aliphatic carbocycles. The Morgan fingerprint density at radius 2 is 2.03 bits per heavy atom. The third-order valence-corrected chi connectivity index (χ3v) is 5.57. The van der Waals surface area contributed by atoms with Crippen LogP contribution in [-0.4, -0.2) is 42.2 Å². The predicted octanol–water partition coefficient (Wildman–Crippen LogP) is 3.44. The fraction of sp³-hybridized carbons (Fsp3) is 0.318. The second kappa shape index (κ2) is 9.69. The number of morpholine rings is 1. The van der Waals surface area contributed by atoms with Gasteiger partial charge in [0.2, 0.25) is 5.91 Å². The molecule has 1 aliphatic rings. The normalized spacial score (nSPS) is 13.8. The Bertz CT molecular complexity index is 984. The zero-order valence-electron chi connectivity index (χ0n) is 16.8. The Hall–Kier alpha value is -2.97. The van der Waals surface area contributed by atoms with Gasteiger partial charge in [0.15, 0.2) is 5.82 Å². The monoisotopic (exact) mass is 424 g/mol. The number of rotatable bonds is 7. The number of hydrogen-bond acceptors (Lipinski definition) is 7. The van der Waals surface area contributed by atoms with E-state index in [1.54, 1.807) is 6.20 Å². The van der Waals surface area contributed by atoms with Gasteiger partial charge in [-0.2, -0.15) is 0 Å². The first-order valence-corrected chi connectivity index (χ1v) is 10.8. The van der Waals surface area contributed by atoms with Crippen molar-refractivity contribution in [1.82, 2.24) is 9.97 Å². The maximum Gasteiger partial charge on any atom is 0.230 e. The van der Waals surface area contributed by atoms with Crippen LogP contribution in [-0.2, 0) is 22.6 Å². The van der Waals surface area contributed by atoms with Crippen LogP contribution in [0.15, 0.2) is 48.0 Å². The molecule has 0 unspecified atom stereocenters.